The van der Waals surface area contributed by atoms with Crippen LogP contribution in [-0.2, 0) is 26.3 Å². The molecule has 3 amide bonds. The molecule has 3 aliphatic heterocycles. The summed E-state index contributed by atoms with van der Waals surface area (Å²) in [5, 5.41) is 6.42. The number of hydrogen-bond acceptors (Lipinski definition) is 4. The smallest absolute Gasteiger partial charge is 0.250 e. The second kappa shape index (κ2) is 7.06. The minimum Gasteiger partial charge on any atom is -0.324 e. The molecule has 30 heavy (non-hydrogen) atoms. The maximum absolute atomic E-state index is 13.5. The first kappa shape index (κ1) is 19.0. The molecule has 5 rings (SSSR count). The average molecular weight is 403 g/mol. The van der Waals surface area contributed by atoms with Crippen molar-refractivity contribution in [3.05, 3.63) is 65.7 Å². The van der Waals surface area contributed by atoms with Crippen LogP contribution in [0.25, 0.3) is 0 Å². The van der Waals surface area contributed by atoms with Crippen molar-refractivity contribution in [1.29, 1.82) is 0 Å². The highest BCUT2D eigenvalue weighted by Crippen LogP contribution is 2.53. The van der Waals surface area contributed by atoms with E-state index in [-0.39, 0.29) is 23.8 Å². The number of likely N-dealkylation sites (tertiary alicyclic amines) is 1. The normalized spacial score (nSPS) is 29.4. The van der Waals surface area contributed by atoms with Gasteiger partial charge in [0.15, 0.2) is 0 Å². The molecular formula is C24H25N3O3. The summed E-state index contributed by atoms with van der Waals surface area (Å²) in [5.41, 5.74) is 1.35. The van der Waals surface area contributed by atoms with Gasteiger partial charge in [-0.25, -0.2) is 0 Å². The van der Waals surface area contributed by atoms with Gasteiger partial charge in [-0.1, -0.05) is 61.9 Å². The van der Waals surface area contributed by atoms with E-state index in [1.807, 2.05) is 61.5 Å². The highest BCUT2D eigenvalue weighted by atomic mass is 16.2. The summed E-state index contributed by atoms with van der Waals surface area (Å²) >= 11 is 0. The van der Waals surface area contributed by atoms with Gasteiger partial charge in [0.2, 0.25) is 17.7 Å². The van der Waals surface area contributed by atoms with Gasteiger partial charge in [-0.3, -0.25) is 24.6 Å². The van der Waals surface area contributed by atoms with Crippen molar-refractivity contribution in [2.45, 2.75) is 37.8 Å². The number of para-hydroxylation sites is 1. The SMILES string of the molecule is CCCCN1C(=O)C2C(Cc3ccccc3)NC3(C(=O)Nc4ccccc43)C2C1=O. The third-order valence-electron chi connectivity index (χ3n) is 6.75. The van der Waals surface area contributed by atoms with Crippen molar-refractivity contribution in [2.24, 2.45) is 11.8 Å². The molecular weight excluding hydrogens is 378 g/mol. The van der Waals surface area contributed by atoms with Gasteiger partial charge < -0.3 is 5.32 Å². The van der Waals surface area contributed by atoms with E-state index in [1.54, 1.807) is 0 Å². The fraction of sp³-hybridized carbons (Fsp3) is 0.375. The highest BCUT2D eigenvalue weighted by Gasteiger charge is 2.70. The number of nitrogens with one attached hydrogen (secondary N) is 2. The molecule has 3 heterocycles. The van der Waals surface area contributed by atoms with E-state index in [2.05, 4.69) is 10.6 Å². The number of imide groups is 1. The molecule has 4 atom stereocenters. The van der Waals surface area contributed by atoms with Gasteiger partial charge in [0, 0.05) is 23.8 Å². The van der Waals surface area contributed by atoms with Gasteiger partial charge in [-0.05, 0) is 24.5 Å². The number of rotatable bonds is 5. The summed E-state index contributed by atoms with van der Waals surface area (Å²) in [6.07, 6.45) is 2.25. The minimum atomic E-state index is -1.20. The molecule has 2 N–H and O–H groups in total. The lowest BCUT2D eigenvalue weighted by Gasteiger charge is -2.29. The molecule has 2 aromatic carbocycles. The van der Waals surface area contributed by atoms with Gasteiger partial charge in [0.1, 0.15) is 5.54 Å². The second-order valence-corrected chi connectivity index (χ2v) is 8.43. The van der Waals surface area contributed by atoms with Crippen LogP contribution in [0.15, 0.2) is 54.6 Å². The maximum atomic E-state index is 13.5. The molecule has 2 fully saturated rings. The summed E-state index contributed by atoms with van der Waals surface area (Å²) in [6.45, 7) is 2.45. The lowest BCUT2D eigenvalue weighted by molar-refractivity contribution is -0.142. The molecule has 6 heteroatoms. The van der Waals surface area contributed by atoms with E-state index in [4.69, 9.17) is 0 Å². The molecule has 154 valence electrons. The summed E-state index contributed by atoms with van der Waals surface area (Å²) in [4.78, 5) is 41.6. The number of carbonyl (C=O) groups is 3. The molecule has 2 saturated heterocycles. The lowest BCUT2D eigenvalue weighted by atomic mass is 9.76. The Balaban J connectivity index is 1.60. The number of amides is 3. The summed E-state index contributed by atoms with van der Waals surface area (Å²) in [5.74, 6) is -1.90. The van der Waals surface area contributed by atoms with Crippen molar-refractivity contribution in [1.82, 2.24) is 10.2 Å². The van der Waals surface area contributed by atoms with Crippen molar-refractivity contribution < 1.29 is 14.4 Å². The van der Waals surface area contributed by atoms with Crippen LogP contribution in [0.3, 0.4) is 0 Å². The topological polar surface area (TPSA) is 78.5 Å². The zero-order valence-corrected chi connectivity index (χ0v) is 16.9. The van der Waals surface area contributed by atoms with Gasteiger partial charge in [0.25, 0.3) is 0 Å². The molecule has 0 radical (unpaired) electrons. The van der Waals surface area contributed by atoms with E-state index >= 15 is 0 Å². The quantitative estimate of drug-likeness (QED) is 0.752. The monoisotopic (exact) mass is 403 g/mol. The van der Waals surface area contributed by atoms with E-state index in [0.29, 0.717) is 18.7 Å². The standard InChI is InChI=1S/C24H25N3O3/c1-2-3-13-27-21(28)19-18(14-15-9-5-4-6-10-15)26-24(20(19)22(27)29)16-11-7-8-12-17(16)25-23(24)30/h4-12,18-20,26H,2-3,13-14H2,1H3,(H,25,30). The largest absolute Gasteiger partial charge is 0.324 e. The minimum absolute atomic E-state index is 0.152. The van der Waals surface area contributed by atoms with Gasteiger partial charge in [-0.15, -0.1) is 0 Å². The predicted octanol–water partition coefficient (Wildman–Crippen LogP) is 2.45. The van der Waals surface area contributed by atoms with Crippen LogP contribution >= 0.6 is 0 Å². The number of nitrogens with zero attached hydrogens (tertiary/aromatic N) is 1. The van der Waals surface area contributed by atoms with Crippen molar-refractivity contribution in [3.8, 4) is 0 Å². The molecule has 0 aromatic heterocycles. The number of unbranched alkanes of at least 4 members (excludes halogenated alkanes) is 1. The summed E-state index contributed by atoms with van der Waals surface area (Å²) < 4.78 is 0. The van der Waals surface area contributed by atoms with Crippen LogP contribution in [0.2, 0.25) is 0 Å². The Labute approximate surface area is 175 Å². The molecule has 0 bridgehead atoms. The second-order valence-electron chi connectivity index (χ2n) is 8.43. The van der Waals surface area contributed by atoms with E-state index < -0.39 is 17.4 Å². The lowest BCUT2D eigenvalue weighted by Crippen LogP contribution is -2.53. The fourth-order valence-electron chi connectivity index (χ4n) is 5.40. The van der Waals surface area contributed by atoms with Crippen LogP contribution < -0.4 is 10.6 Å². The van der Waals surface area contributed by atoms with Gasteiger partial charge in [0.05, 0.1) is 11.8 Å². The number of benzene rings is 2. The first-order valence-corrected chi connectivity index (χ1v) is 10.7. The Hall–Kier alpha value is -2.99. The first-order chi connectivity index (χ1) is 14.6. The van der Waals surface area contributed by atoms with Crippen LogP contribution in [0.5, 0.6) is 0 Å². The van der Waals surface area contributed by atoms with Gasteiger partial charge in [-0.2, -0.15) is 0 Å². The predicted molar refractivity (Wildman–Crippen MR) is 112 cm³/mol. The van der Waals surface area contributed by atoms with Crippen LogP contribution in [0.1, 0.15) is 30.9 Å². The fourth-order valence-corrected chi connectivity index (χ4v) is 5.40. The van der Waals surface area contributed by atoms with E-state index in [1.165, 1.54) is 4.90 Å². The molecule has 2 aromatic rings. The third kappa shape index (κ3) is 2.56. The Morgan fingerprint density at radius 3 is 2.47 bits per heavy atom. The zero-order chi connectivity index (χ0) is 20.9. The summed E-state index contributed by atoms with van der Waals surface area (Å²) in [7, 11) is 0. The number of fused-ring (bicyclic) bond motifs is 4. The molecule has 0 saturated carbocycles. The van der Waals surface area contributed by atoms with E-state index in [9.17, 15) is 14.4 Å². The Morgan fingerprint density at radius 2 is 1.70 bits per heavy atom. The number of anilines is 1. The van der Waals surface area contributed by atoms with Crippen LogP contribution in [0.4, 0.5) is 5.69 Å². The molecule has 6 nitrogen and oxygen atoms in total. The summed E-state index contributed by atoms with van der Waals surface area (Å²) in [6, 6.07) is 17.1. The molecule has 0 aliphatic carbocycles. The van der Waals surface area contributed by atoms with Gasteiger partial charge >= 0.3 is 0 Å². The number of hydrogen-bond donors (Lipinski definition) is 2. The Bertz CT molecular complexity index is 1020. The van der Waals surface area contributed by atoms with Crippen molar-refractivity contribution in [2.75, 3.05) is 11.9 Å². The number of carbonyl (C=O) groups excluding carboxylic acids is 3. The average Bonchev–Trinajstić information content (AvgIpc) is 3.33. The Morgan fingerprint density at radius 1 is 0.967 bits per heavy atom. The zero-order valence-electron chi connectivity index (χ0n) is 16.9. The van der Waals surface area contributed by atoms with Crippen molar-refractivity contribution in [3.63, 3.8) is 0 Å². The first-order valence-electron chi connectivity index (χ1n) is 10.7. The van der Waals surface area contributed by atoms with Crippen LogP contribution in [-0.4, -0.2) is 35.2 Å². The Kier molecular flexibility index (Phi) is 4.47. The van der Waals surface area contributed by atoms with Crippen LogP contribution in [0, 0.1) is 11.8 Å². The molecule has 4 unspecified atom stereocenters. The molecule has 1 spiro atoms. The molecule has 3 aliphatic rings. The third-order valence-corrected chi connectivity index (χ3v) is 6.75. The van der Waals surface area contributed by atoms with E-state index in [0.717, 1.165) is 24.0 Å². The van der Waals surface area contributed by atoms with Crippen molar-refractivity contribution >= 4 is 23.4 Å². The maximum Gasteiger partial charge on any atom is 0.250 e. The highest BCUT2D eigenvalue weighted by molar-refractivity contribution is 6.15.